The van der Waals surface area contributed by atoms with Crippen LogP contribution in [-0.2, 0) is 0 Å². The molecule has 1 unspecified atom stereocenters. The molecule has 1 aromatic carbocycles. The summed E-state index contributed by atoms with van der Waals surface area (Å²) in [7, 11) is 0. The highest BCUT2D eigenvalue weighted by atomic mass is 32.1. The van der Waals surface area contributed by atoms with E-state index in [4.69, 9.17) is 10.2 Å². The van der Waals surface area contributed by atoms with E-state index >= 15 is 0 Å². The van der Waals surface area contributed by atoms with Crippen molar-refractivity contribution in [1.82, 2.24) is 8.75 Å². The topological polar surface area (TPSA) is 64.9 Å². The first kappa shape index (κ1) is 9.50. The van der Waals surface area contributed by atoms with Crippen LogP contribution in [0, 0.1) is 0 Å². The number of nitrogens with zero attached hydrogens (tertiary/aromatic N) is 2. The number of fused-ring (bicyclic) bond motifs is 1. The maximum absolute atomic E-state index is 6.04. The molecule has 0 aliphatic carbocycles. The first-order valence-corrected chi connectivity index (χ1v) is 5.59. The Bertz CT molecular complexity index is 570. The Morgan fingerprint density at radius 3 is 2.94 bits per heavy atom. The maximum atomic E-state index is 6.04. The summed E-state index contributed by atoms with van der Waals surface area (Å²) in [6.07, 6.45) is 1.67. The van der Waals surface area contributed by atoms with Gasteiger partial charge in [0.1, 0.15) is 17.4 Å². The normalized spacial score (nSPS) is 13.1. The van der Waals surface area contributed by atoms with E-state index in [9.17, 15) is 0 Å². The van der Waals surface area contributed by atoms with Crippen molar-refractivity contribution in [2.45, 2.75) is 6.04 Å². The van der Waals surface area contributed by atoms with Crippen molar-refractivity contribution >= 4 is 22.7 Å². The Hall–Kier alpha value is -1.72. The maximum Gasteiger partial charge on any atom is 0.134 e. The SMILES string of the molecule is NC(c1cnsn1)c1cc2ccccc2o1. The van der Waals surface area contributed by atoms with Gasteiger partial charge in [-0.25, -0.2) is 0 Å². The second kappa shape index (κ2) is 3.70. The third-order valence-corrected chi connectivity index (χ3v) is 2.94. The molecule has 0 aliphatic heterocycles. The highest BCUT2D eigenvalue weighted by Crippen LogP contribution is 2.25. The summed E-state index contributed by atoms with van der Waals surface area (Å²) in [5.74, 6) is 0.717. The van der Waals surface area contributed by atoms with Crippen LogP contribution < -0.4 is 5.73 Å². The fourth-order valence-corrected chi connectivity index (χ4v) is 2.07. The van der Waals surface area contributed by atoms with Gasteiger partial charge in [0, 0.05) is 5.39 Å². The van der Waals surface area contributed by atoms with Crippen LogP contribution in [0.1, 0.15) is 17.5 Å². The van der Waals surface area contributed by atoms with Crippen molar-refractivity contribution < 1.29 is 4.42 Å². The molecule has 16 heavy (non-hydrogen) atoms. The lowest BCUT2D eigenvalue weighted by molar-refractivity contribution is 0.522. The predicted octanol–water partition coefficient (Wildman–Crippen LogP) is 2.33. The third-order valence-electron chi connectivity index (χ3n) is 2.45. The van der Waals surface area contributed by atoms with Gasteiger partial charge in [-0.15, -0.1) is 0 Å². The number of benzene rings is 1. The number of hydrogen-bond acceptors (Lipinski definition) is 5. The molecule has 0 saturated heterocycles. The zero-order chi connectivity index (χ0) is 11.0. The van der Waals surface area contributed by atoms with Crippen LogP contribution in [0.4, 0.5) is 0 Å². The van der Waals surface area contributed by atoms with Crippen molar-refractivity contribution in [2.24, 2.45) is 5.73 Å². The van der Waals surface area contributed by atoms with Gasteiger partial charge in [0.2, 0.25) is 0 Å². The molecule has 80 valence electrons. The third kappa shape index (κ3) is 1.50. The highest BCUT2D eigenvalue weighted by Gasteiger charge is 2.16. The fraction of sp³-hybridized carbons (Fsp3) is 0.0909. The first-order valence-electron chi connectivity index (χ1n) is 4.86. The Labute approximate surface area is 96.0 Å². The fourth-order valence-electron chi connectivity index (χ4n) is 1.61. The smallest absolute Gasteiger partial charge is 0.134 e. The minimum absolute atomic E-state index is 0.342. The molecule has 0 spiro atoms. The zero-order valence-corrected chi connectivity index (χ0v) is 9.15. The molecular formula is C11H9N3OS. The monoisotopic (exact) mass is 231 g/mol. The average Bonchev–Trinajstić information content (AvgIpc) is 2.97. The van der Waals surface area contributed by atoms with E-state index in [1.807, 2.05) is 30.3 Å². The van der Waals surface area contributed by atoms with Crippen LogP contribution in [0.3, 0.4) is 0 Å². The molecule has 0 saturated carbocycles. The predicted molar refractivity (Wildman–Crippen MR) is 62.2 cm³/mol. The van der Waals surface area contributed by atoms with Gasteiger partial charge in [-0.1, -0.05) is 18.2 Å². The Morgan fingerprint density at radius 1 is 1.31 bits per heavy atom. The van der Waals surface area contributed by atoms with Crippen LogP contribution in [-0.4, -0.2) is 8.75 Å². The Morgan fingerprint density at radius 2 is 2.19 bits per heavy atom. The molecule has 4 nitrogen and oxygen atoms in total. The number of aromatic nitrogens is 2. The molecule has 5 heteroatoms. The van der Waals surface area contributed by atoms with E-state index in [2.05, 4.69) is 8.75 Å². The van der Waals surface area contributed by atoms with E-state index in [1.54, 1.807) is 6.20 Å². The van der Waals surface area contributed by atoms with E-state index < -0.39 is 0 Å². The van der Waals surface area contributed by atoms with Crippen LogP contribution in [0.5, 0.6) is 0 Å². The second-order valence-electron chi connectivity index (χ2n) is 3.50. The molecular weight excluding hydrogens is 222 g/mol. The number of furan rings is 1. The summed E-state index contributed by atoms with van der Waals surface area (Å²) in [6.45, 7) is 0. The largest absolute Gasteiger partial charge is 0.459 e. The molecule has 0 bridgehead atoms. The molecule has 0 aliphatic rings. The number of para-hydroxylation sites is 1. The summed E-state index contributed by atoms with van der Waals surface area (Å²) in [4.78, 5) is 0. The van der Waals surface area contributed by atoms with Crippen LogP contribution >= 0.6 is 11.7 Å². The van der Waals surface area contributed by atoms with Crippen molar-refractivity contribution in [3.8, 4) is 0 Å². The number of hydrogen-bond donors (Lipinski definition) is 1. The van der Waals surface area contributed by atoms with Crippen molar-refractivity contribution in [1.29, 1.82) is 0 Å². The summed E-state index contributed by atoms with van der Waals surface area (Å²) < 4.78 is 13.7. The molecule has 3 rings (SSSR count). The van der Waals surface area contributed by atoms with Gasteiger partial charge >= 0.3 is 0 Å². The van der Waals surface area contributed by atoms with Crippen molar-refractivity contribution in [3.05, 3.63) is 48.0 Å². The van der Waals surface area contributed by atoms with Crippen LogP contribution in [0.15, 0.2) is 40.9 Å². The summed E-state index contributed by atoms with van der Waals surface area (Å²) in [5.41, 5.74) is 7.62. The molecule has 0 fully saturated rings. The first-order chi connectivity index (χ1) is 7.84. The molecule has 2 aromatic heterocycles. The lowest BCUT2D eigenvalue weighted by atomic mass is 10.1. The highest BCUT2D eigenvalue weighted by molar-refractivity contribution is 6.99. The van der Waals surface area contributed by atoms with Crippen LogP contribution in [0.2, 0.25) is 0 Å². The van der Waals surface area contributed by atoms with E-state index in [0.717, 1.165) is 28.4 Å². The molecule has 1 atom stereocenters. The number of rotatable bonds is 2. The molecule has 2 heterocycles. The van der Waals surface area contributed by atoms with Crippen molar-refractivity contribution in [2.75, 3.05) is 0 Å². The minimum Gasteiger partial charge on any atom is -0.459 e. The molecule has 2 N–H and O–H groups in total. The quantitative estimate of drug-likeness (QED) is 0.735. The minimum atomic E-state index is -0.342. The van der Waals surface area contributed by atoms with Gasteiger partial charge < -0.3 is 10.2 Å². The van der Waals surface area contributed by atoms with Crippen molar-refractivity contribution in [3.63, 3.8) is 0 Å². The van der Waals surface area contributed by atoms with Gasteiger partial charge in [0.25, 0.3) is 0 Å². The lowest BCUT2D eigenvalue weighted by Gasteiger charge is -2.02. The summed E-state index contributed by atoms with van der Waals surface area (Å²) >= 11 is 1.15. The van der Waals surface area contributed by atoms with Crippen LogP contribution in [0.25, 0.3) is 11.0 Å². The van der Waals surface area contributed by atoms with E-state index in [1.165, 1.54) is 0 Å². The molecule has 0 amide bonds. The summed E-state index contributed by atoms with van der Waals surface area (Å²) in [5, 5.41) is 1.05. The van der Waals surface area contributed by atoms with Gasteiger partial charge in [-0.3, -0.25) is 0 Å². The Kier molecular flexibility index (Phi) is 2.19. The summed E-state index contributed by atoms with van der Waals surface area (Å²) in [6, 6.07) is 9.42. The van der Waals surface area contributed by atoms with Gasteiger partial charge in [0.05, 0.1) is 23.6 Å². The molecule has 3 aromatic rings. The van der Waals surface area contributed by atoms with E-state index in [0.29, 0.717) is 5.76 Å². The lowest BCUT2D eigenvalue weighted by Crippen LogP contribution is -2.10. The average molecular weight is 231 g/mol. The van der Waals surface area contributed by atoms with E-state index in [-0.39, 0.29) is 6.04 Å². The zero-order valence-electron chi connectivity index (χ0n) is 8.33. The van der Waals surface area contributed by atoms with Gasteiger partial charge in [0.15, 0.2) is 0 Å². The Balaban J connectivity index is 2.06. The molecule has 0 radical (unpaired) electrons. The van der Waals surface area contributed by atoms with Gasteiger partial charge in [-0.2, -0.15) is 8.75 Å². The number of nitrogens with two attached hydrogens (primary N) is 1. The second-order valence-corrected chi connectivity index (χ2v) is 4.05. The standard InChI is InChI=1S/C11H9N3OS/c12-11(8-6-13-16-14-8)10-5-7-3-1-2-4-9(7)15-10/h1-6,11H,12H2. The van der Waals surface area contributed by atoms with Gasteiger partial charge in [-0.05, 0) is 12.1 Å².